The summed E-state index contributed by atoms with van der Waals surface area (Å²) in [6, 6.07) is 6.38. The number of hydrogen-bond donors (Lipinski definition) is 0. The molecular formula is C16H22O. The van der Waals surface area contributed by atoms with Crippen LogP contribution in [0.25, 0.3) is 0 Å². The van der Waals surface area contributed by atoms with Crippen molar-refractivity contribution in [3.8, 4) is 18.1 Å². The minimum atomic E-state index is 0.477. The molecule has 0 fully saturated rings. The molecule has 1 heteroatoms. The van der Waals surface area contributed by atoms with Crippen molar-refractivity contribution in [2.45, 2.75) is 46.0 Å². The number of hydrogen-bond acceptors (Lipinski definition) is 1. The minimum Gasteiger partial charge on any atom is -0.494 e. The molecule has 1 aromatic carbocycles. The minimum absolute atomic E-state index is 0.477. The molecule has 92 valence electrons. The van der Waals surface area contributed by atoms with Crippen molar-refractivity contribution in [3.63, 3.8) is 0 Å². The predicted molar refractivity (Wildman–Crippen MR) is 73.5 cm³/mol. The van der Waals surface area contributed by atoms with E-state index in [1.54, 1.807) is 0 Å². The second kappa shape index (κ2) is 7.01. The first-order valence-corrected chi connectivity index (χ1v) is 6.45. The van der Waals surface area contributed by atoms with Crippen LogP contribution >= 0.6 is 0 Å². The van der Waals surface area contributed by atoms with Gasteiger partial charge in [-0.3, -0.25) is 0 Å². The average molecular weight is 230 g/mol. The summed E-state index contributed by atoms with van der Waals surface area (Å²) in [7, 11) is 0. The van der Waals surface area contributed by atoms with Crippen LogP contribution in [-0.4, -0.2) is 6.61 Å². The Kier molecular flexibility index (Phi) is 5.63. The molecule has 17 heavy (non-hydrogen) atoms. The zero-order valence-electron chi connectivity index (χ0n) is 11.1. The molecule has 0 bridgehead atoms. The van der Waals surface area contributed by atoms with E-state index in [9.17, 15) is 0 Å². The van der Waals surface area contributed by atoms with Gasteiger partial charge in [0.25, 0.3) is 0 Å². The standard InChI is InChI=1S/C16H22O/c1-5-9-13(6-2)16-11-10-15(17-8-4)12-14(16)7-3/h1,10-13H,6-9H2,2-4H3. The van der Waals surface area contributed by atoms with E-state index in [2.05, 4.69) is 38.0 Å². The molecule has 0 heterocycles. The summed E-state index contributed by atoms with van der Waals surface area (Å²) in [5, 5.41) is 0. The van der Waals surface area contributed by atoms with Crippen LogP contribution in [0.3, 0.4) is 0 Å². The van der Waals surface area contributed by atoms with Crippen molar-refractivity contribution >= 4 is 0 Å². The Morgan fingerprint density at radius 2 is 2.06 bits per heavy atom. The third kappa shape index (κ3) is 3.53. The summed E-state index contributed by atoms with van der Waals surface area (Å²) in [5.41, 5.74) is 2.74. The van der Waals surface area contributed by atoms with Gasteiger partial charge in [0.05, 0.1) is 6.61 Å². The van der Waals surface area contributed by atoms with E-state index in [-0.39, 0.29) is 0 Å². The fourth-order valence-electron chi connectivity index (χ4n) is 2.16. The van der Waals surface area contributed by atoms with Crippen molar-refractivity contribution in [3.05, 3.63) is 29.3 Å². The lowest BCUT2D eigenvalue weighted by molar-refractivity contribution is 0.339. The molecule has 0 spiro atoms. The van der Waals surface area contributed by atoms with E-state index in [4.69, 9.17) is 11.2 Å². The predicted octanol–water partition coefficient (Wildman–Crippen LogP) is 4.16. The summed E-state index contributed by atoms with van der Waals surface area (Å²) >= 11 is 0. The van der Waals surface area contributed by atoms with Crippen LogP contribution < -0.4 is 4.74 Å². The monoisotopic (exact) mass is 230 g/mol. The zero-order chi connectivity index (χ0) is 12.7. The molecule has 1 rings (SSSR count). The first kappa shape index (κ1) is 13.6. The van der Waals surface area contributed by atoms with Gasteiger partial charge in [0.2, 0.25) is 0 Å². The Bertz CT molecular complexity index is 387. The molecule has 1 nitrogen and oxygen atoms in total. The molecule has 0 radical (unpaired) electrons. The highest BCUT2D eigenvalue weighted by molar-refractivity contribution is 5.38. The van der Waals surface area contributed by atoms with Crippen molar-refractivity contribution in [2.24, 2.45) is 0 Å². The summed E-state index contributed by atoms with van der Waals surface area (Å²) in [6.45, 7) is 7.09. The molecule has 1 aromatic rings. The van der Waals surface area contributed by atoms with Crippen LogP contribution in [0.15, 0.2) is 18.2 Å². The van der Waals surface area contributed by atoms with E-state index in [0.29, 0.717) is 12.5 Å². The van der Waals surface area contributed by atoms with Gasteiger partial charge in [-0.1, -0.05) is 19.9 Å². The maximum absolute atomic E-state index is 5.54. The number of rotatable bonds is 6. The van der Waals surface area contributed by atoms with Gasteiger partial charge in [-0.05, 0) is 48.9 Å². The molecule has 0 aromatic heterocycles. The second-order valence-corrected chi connectivity index (χ2v) is 4.16. The topological polar surface area (TPSA) is 9.23 Å². The maximum Gasteiger partial charge on any atom is 0.119 e. The van der Waals surface area contributed by atoms with Gasteiger partial charge in [-0.25, -0.2) is 0 Å². The van der Waals surface area contributed by atoms with Crippen LogP contribution in [0.1, 0.15) is 50.7 Å². The van der Waals surface area contributed by atoms with Gasteiger partial charge < -0.3 is 4.74 Å². The van der Waals surface area contributed by atoms with E-state index < -0.39 is 0 Å². The molecule has 0 amide bonds. The van der Waals surface area contributed by atoms with Crippen molar-refractivity contribution in [2.75, 3.05) is 6.61 Å². The van der Waals surface area contributed by atoms with Crippen LogP contribution in [0, 0.1) is 12.3 Å². The van der Waals surface area contributed by atoms with Crippen LogP contribution in [0.2, 0.25) is 0 Å². The van der Waals surface area contributed by atoms with Crippen molar-refractivity contribution in [1.82, 2.24) is 0 Å². The van der Waals surface area contributed by atoms with Crippen LogP contribution in [0.4, 0.5) is 0 Å². The first-order chi connectivity index (χ1) is 8.26. The fourth-order valence-corrected chi connectivity index (χ4v) is 2.16. The number of ether oxygens (including phenoxy) is 1. The Hall–Kier alpha value is -1.42. The van der Waals surface area contributed by atoms with Gasteiger partial charge in [0.15, 0.2) is 0 Å². The molecule has 1 atom stereocenters. The number of benzene rings is 1. The summed E-state index contributed by atoms with van der Waals surface area (Å²) < 4.78 is 5.54. The molecule has 0 saturated heterocycles. The Morgan fingerprint density at radius 1 is 1.29 bits per heavy atom. The van der Waals surface area contributed by atoms with Crippen molar-refractivity contribution < 1.29 is 4.74 Å². The van der Waals surface area contributed by atoms with E-state index in [1.165, 1.54) is 11.1 Å². The maximum atomic E-state index is 5.54. The number of terminal acetylenes is 1. The van der Waals surface area contributed by atoms with E-state index in [1.807, 2.05) is 6.92 Å². The Balaban J connectivity index is 3.02. The third-order valence-electron chi connectivity index (χ3n) is 3.10. The van der Waals surface area contributed by atoms with Gasteiger partial charge in [-0.15, -0.1) is 12.3 Å². The van der Waals surface area contributed by atoms with Gasteiger partial charge in [0.1, 0.15) is 5.75 Å². The third-order valence-corrected chi connectivity index (χ3v) is 3.10. The van der Waals surface area contributed by atoms with Gasteiger partial charge >= 0.3 is 0 Å². The lowest BCUT2D eigenvalue weighted by atomic mass is 9.89. The Morgan fingerprint density at radius 3 is 2.59 bits per heavy atom. The fraction of sp³-hybridized carbons (Fsp3) is 0.500. The normalized spacial score (nSPS) is 11.9. The lowest BCUT2D eigenvalue weighted by Gasteiger charge is -2.17. The molecule has 0 aliphatic carbocycles. The summed E-state index contributed by atoms with van der Waals surface area (Å²) in [4.78, 5) is 0. The molecule has 0 aliphatic rings. The van der Waals surface area contributed by atoms with Gasteiger partial charge in [-0.2, -0.15) is 0 Å². The summed E-state index contributed by atoms with van der Waals surface area (Å²) in [6.07, 6.45) is 8.37. The second-order valence-electron chi connectivity index (χ2n) is 4.16. The Labute approximate surface area is 105 Å². The van der Waals surface area contributed by atoms with Crippen LogP contribution in [0.5, 0.6) is 5.75 Å². The molecule has 1 unspecified atom stereocenters. The molecule has 0 saturated carbocycles. The molecule has 0 N–H and O–H groups in total. The van der Waals surface area contributed by atoms with E-state index in [0.717, 1.165) is 25.0 Å². The molecule has 0 aliphatic heterocycles. The van der Waals surface area contributed by atoms with Gasteiger partial charge in [0, 0.05) is 6.42 Å². The highest BCUT2D eigenvalue weighted by atomic mass is 16.5. The quantitative estimate of drug-likeness (QED) is 0.667. The SMILES string of the molecule is C#CCC(CC)c1ccc(OCC)cc1CC. The first-order valence-electron chi connectivity index (χ1n) is 6.45. The largest absolute Gasteiger partial charge is 0.494 e. The zero-order valence-corrected chi connectivity index (χ0v) is 11.1. The average Bonchev–Trinajstić information content (AvgIpc) is 2.36. The highest BCUT2D eigenvalue weighted by Crippen LogP contribution is 2.29. The lowest BCUT2D eigenvalue weighted by Crippen LogP contribution is -2.02. The number of aryl methyl sites for hydroxylation is 1. The van der Waals surface area contributed by atoms with E-state index >= 15 is 0 Å². The molecular weight excluding hydrogens is 208 g/mol. The van der Waals surface area contributed by atoms with Crippen molar-refractivity contribution in [1.29, 1.82) is 0 Å². The summed E-state index contributed by atoms with van der Waals surface area (Å²) in [5.74, 6) is 4.22. The smallest absolute Gasteiger partial charge is 0.119 e. The van der Waals surface area contributed by atoms with Crippen LogP contribution in [-0.2, 0) is 6.42 Å². The highest BCUT2D eigenvalue weighted by Gasteiger charge is 2.12.